The highest BCUT2D eigenvalue weighted by Gasteiger charge is 2.14. The molecule has 0 unspecified atom stereocenters. The number of H-pyrrole nitrogens is 1. The van der Waals surface area contributed by atoms with Crippen LogP contribution in [0, 0.1) is 0 Å². The molecule has 19 heavy (non-hydrogen) atoms. The highest BCUT2D eigenvalue weighted by Crippen LogP contribution is 2.29. The Labute approximate surface area is 114 Å². The summed E-state index contributed by atoms with van der Waals surface area (Å²) in [5.41, 5.74) is 0.505. The summed E-state index contributed by atoms with van der Waals surface area (Å²) in [6.45, 7) is 4.29. The SMILES string of the molecule is CCCn1c(Sc2ncccc2[C@H](C)O)n[nH]c1=O. The van der Waals surface area contributed by atoms with Gasteiger partial charge in [-0.1, -0.05) is 13.0 Å². The molecule has 0 amide bonds. The van der Waals surface area contributed by atoms with E-state index >= 15 is 0 Å². The molecule has 2 aromatic rings. The first-order valence-electron chi connectivity index (χ1n) is 6.09. The van der Waals surface area contributed by atoms with Crippen LogP contribution in [0.2, 0.25) is 0 Å². The second kappa shape index (κ2) is 6.03. The Balaban J connectivity index is 2.34. The zero-order valence-electron chi connectivity index (χ0n) is 10.8. The van der Waals surface area contributed by atoms with E-state index in [1.54, 1.807) is 23.8 Å². The van der Waals surface area contributed by atoms with Gasteiger partial charge in [-0.25, -0.2) is 14.9 Å². The lowest BCUT2D eigenvalue weighted by molar-refractivity contribution is 0.195. The predicted octanol–water partition coefficient (Wildman–Crippen LogP) is 1.58. The third-order valence-electron chi connectivity index (χ3n) is 2.61. The van der Waals surface area contributed by atoms with Gasteiger partial charge in [-0.3, -0.25) is 4.57 Å². The molecule has 2 N–H and O–H groups in total. The Morgan fingerprint density at radius 1 is 1.58 bits per heavy atom. The Bertz CT molecular complexity index is 606. The van der Waals surface area contributed by atoms with E-state index in [4.69, 9.17) is 0 Å². The molecule has 0 bridgehead atoms. The lowest BCUT2D eigenvalue weighted by Crippen LogP contribution is -2.17. The van der Waals surface area contributed by atoms with Crippen molar-refractivity contribution in [3.63, 3.8) is 0 Å². The Hall–Kier alpha value is -1.60. The van der Waals surface area contributed by atoms with E-state index < -0.39 is 6.10 Å². The first-order valence-corrected chi connectivity index (χ1v) is 6.91. The fourth-order valence-electron chi connectivity index (χ4n) is 1.69. The summed E-state index contributed by atoms with van der Waals surface area (Å²) in [5, 5.41) is 17.4. The molecule has 2 rings (SSSR count). The largest absolute Gasteiger partial charge is 0.389 e. The Morgan fingerprint density at radius 2 is 2.37 bits per heavy atom. The number of aromatic amines is 1. The zero-order chi connectivity index (χ0) is 13.8. The summed E-state index contributed by atoms with van der Waals surface area (Å²) < 4.78 is 1.57. The topological polar surface area (TPSA) is 83.8 Å². The van der Waals surface area contributed by atoms with Crippen molar-refractivity contribution in [2.75, 3.05) is 0 Å². The van der Waals surface area contributed by atoms with Crippen LogP contribution >= 0.6 is 11.8 Å². The summed E-state index contributed by atoms with van der Waals surface area (Å²) in [4.78, 5) is 15.8. The smallest absolute Gasteiger partial charge is 0.343 e. The second-order valence-electron chi connectivity index (χ2n) is 4.14. The summed E-state index contributed by atoms with van der Waals surface area (Å²) in [6.07, 6.45) is 1.89. The molecule has 0 aliphatic heterocycles. The van der Waals surface area contributed by atoms with Crippen LogP contribution < -0.4 is 5.69 Å². The molecule has 0 spiro atoms. The first kappa shape index (κ1) is 13.8. The van der Waals surface area contributed by atoms with Gasteiger partial charge in [-0.15, -0.1) is 5.10 Å². The van der Waals surface area contributed by atoms with Crippen molar-refractivity contribution in [1.82, 2.24) is 19.7 Å². The molecule has 2 heterocycles. The fraction of sp³-hybridized carbons (Fsp3) is 0.417. The lowest BCUT2D eigenvalue weighted by atomic mass is 10.2. The normalized spacial score (nSPS) is 12.6. The number of nitrogens with one attached hydrogen (secondary N) is 1. The number of hydrogen-bond acceptors (Lipinski definition) is 5. The van der Waals surface area contributed by atoms with Crippen molar-refractivity contribution in [1.29, 1.82) is 0 Å². The van der Waals surface area contributed by atoms with Crippen LogP contribution in [0.3, 0.4) is 0 Å². The van der Waals surface area contributed by atoms with Gasteiger partial charge in [-0.2, -0.15) is 0 Å². The van der Waals surface area contributed by atoms with Gasteiger partial charge in [0.05, 0.1) is 6.10 Å². The lowest BCUT2D eigenvalue weighted by Gasteiger charge is -2.09. The van der Waals surface area contributed by atoms with Crippen LogP contribution in [0.25, 0.3) is 0 Å². The number of aliphatic hydroxyl groups is 1. The van der Waals surface area contributed by atoms with Gasteiger partial charge >= 0.3 is 5.69 Å². The number of hydrogen-bond donors (Lipinski definition) is 2. The third-order valence-corrected chi connectivity index (χ3v) is 3.64. The van der Waals surface area contributed by atoms with Crippen molar-refractivity contribution in [3.8, 4) is 0 Å². The summed E-state index contributed by atoms with van der Waals surface area (Å²) in [6, 6.07) is 3.59. The molecular weight excluding hydrogens is 264 g/mol. The maximum absolute atomic E-state index is 11.6. The van der Waals surface area contributed by atoms with Crippen molar-refractivity contribution < 1.29 is 5.11 Å². The van der Waals surface area contributed by atoms with Crippen molar-refractivity contribution in [2.24, 2.45) is 0 Å². The second-order valence-corrected chi connectivity index (χ2v) is 5.09. The molecule has 0 aliphatic carbocycles. The minimum atomic E-state index is -0.610. The quantitative estimate of drug-likeness (QED) is 0.868. The summed E-state index contributed by atoms with van der Waals surface area (Å²) in [7, 11) is 0. The number of aromatic nitrogens is 4. The summed E-state index contributed by atoms with van der Waals surface area (Å²) in [5.74, 6) is 0. The van der Waals surface area contributed by atoms with Crippen LogP contribution in [0.4, 0.5) is 0 Å². The minimum absolute atomic E-state index is 0.223. The van der Waals surface area contributed by atoms with Crippen LogP contribution in [0.1, 0.15) is 31.9 Å². The third kappa shape index (κ3) is 3.05. The number of aliphatic hydroxyl groups excluding tert-OH is 1. The highest BCUT2D eigenvalue weighted by molar-refractivity contribution is 7.99. The average molecular weight is 280 g/mol. The Morgan fingerprint density at radius 3 is 3.05 bits per heavy atom. The van der Waals surface area contributed by atoms with E-state index in [-0.39, 0.29) is 5.69 Å². The molecule has 0 saturated heterocycles. The highest BCUT2D eigenvalue weighted by atomic mass is 32.2. The molecular formula is C12H16N4O2S. The molecule has 0 fully saturated rings. The molecule has 0 saturated carbocycles. The van der Waals surface area contributed by atoms with E-state index in [0.717, 1.165) is 12.0 Å². The van der Waals surface area contributed by atoms with Crippen LogP contribution in [-0.2, 0) is 6.54 Å². The molecule has 2 aromatic heterocycles. The van der Waals surface area contributed by atoms with Crippen molar-refractivity contribution >= 4 is 11.8 Å². The van der Waals surface area contributed by atoms with Gasteiger partial charge in [0.1, 0.15) is 5.03 Å². The van der Waals surface area contributed by atoms with Crippen LogP contribution in [0.5, 0.6) is 0 Å². The fourth-order valence-corrected chi connectivity index (χ4v) is 2.71. The molecule has 0 aliphatic rings. The van der Waals surface area contributed by atoms with Gasteiger partial charge in [-0.05, 0) is 31.2 Å². The summed E-state index contributed by atoms with van der Waals surface area (Å²) >= 11 is 1.28. The zero-order valence-corrected chi connectivity index (χ0v) is 11.6. The van der Waals surface area contributed by atoms with E-state index in [1.165, 1.54) is 11.8 Å². The molecule has 1 atom stereocenters. The number of pyridine rings is 1. The monoisotopic (exact) mass is 280 g/mol. The van der Waals surface area contributed by atoms with Crippen LogP contribution in [0.15, 0.2) is 33.3 Å². The minimum Gasteiger partial charge on any atom is -0.389 e. The predicted molar refractivity (Wildman–Crippen MR) is 72.1 cm³/mol. The van der Waals surface area contributed by atoms with Crippen molar-refractivity contribution in [3.05, 3.63) is 34.4 Å². The van der Waals surface area contributed by atoms with Crippen molar-refractivity contribution in [2.45, 2.75) is 43.1 Å². The van der Waals surface area contributed by atoms with Gasteiger partial charge in [0.2, 0.25) is 0 Å². The van der Waals surface area contributed by atoms with E-state index in [2.05, 4.69) is 15.2 Å². The average Bonchev–Trinajstić information content (AvgIpc) is 2.72. The standard InChI is InChI=1S/C12H16N4O2S/c1-3-7-16-11(18)14-15-12(16)19-10-9(8(2)17)5-4-6-13-10/h4-6,8,17H,3,7H2,1-2H3,(H,14,18)/t8-/m0/s1. The first-order chi connectivity index (χ1) is 9.13. The van der Waals surface area contributed by atoms with Crippen LogP contribution in [-0.4, -0.2) is 24.9 Å². The van der Waals surface area contributed by atoms with E-state index in [1.807, 2.05) is 13.0 Å². The van der Waals surface area contributed by atoms with E-state index in [9.17, 15) is 9.90 Å². The van der Waals surface area contributed by atoms with Gasteiger partial charge in [0.25, 0.3) is 0 Å². The Kier molecular flexibility index (Phi) is 4.39. The van der Waals surface area contributed by atoms with E-state index in [0.29, 0.717) is 16.7 Å². The van der Waals surface area contributed by atoms with Gasteiger partial charge in [0, 0.05) is 18.3 Å². The van der Waals surface area contributed by atoms with Gasteiger partial charge < -0.3 is 5.11 Å². The van der Waals surface area contributed by atoms with Gasteiger partial charge in [0.15, 0.2) is 5.16 Å². The molecule has 0 aromatic carbocycles. The molecule has 102 valence electrons. The molecule has 7 heteroatoms. The maximum Gasteiger partial charge on any atom is 0.343 e. The number of rotatable bonds is 5. The number of nitrogens with zero attached hydrogens (tertiary/aromatic N) is 3. The maximum atomic E-state index is 11.6. The molecule has 6 nitrogen and oxygen atoms in total. The molecule has 0 radical (unpaired) electrons.